The summed E-state index contributed by atoms with van der Waals surface area (Å²) in [6.45, 7) is 2.16. The number of nitrogens with two attached hydrogens (primary N) is 1. The molecule has 1 aromatic heterocycles. The van der Waals surface area contributed by atoms with Crippen LogP contribution in [-0.2, 0) is 11.2 Å². The number of thiophene rings is 1. The van der Waals surface area contributed by atoms with E-state index in [4.69, 9.17) is 10.5 Å². The SMILES string of the molecule is CCCC(OC)C(N)Cc1ccsc1. The molecule has 0 bridgehead atoms. The van der Waals surface area contributed by atoms with Crippen molar-refractivity contribution in [3.63, 3.8) is 0 Å². The number of ether oxygens (including phenoxy) is 1. The van der Waals surface area contributed by atoms with E-state index in [1.807, 2.05) is 0 Å². The molecule has 2 unspecified atom stereocenters. The highest BCUT2D eigenvalue weighted by atomic mass is 32.1. The Kier molecular flexibility index (Phi) is 5.15. The summed E-state index contributed by atoms with van der Waals surface area (Å²) < 4.78 is 5.38. The van der Waals surface area contributed by atoms with Crippen LogP contribution >= 0.6 is 11.3 Å². The zero-order valence-electron chi connectivity index (χ0n) is 8.90. The molecule has 0 spiro atoms. The first-order valence-electron chi connectivity index (χ1n) is 5.07. The molecule has 0 radical (unpaired) electrons. The quantitative estimate of drug-likeness (QED) is 0.787. The fourth-order valence-electron chi connectivity index (χ4n) is 1.60. The van der Waals surface area contributed by atoms with Gasteiger partial charge in [-0.05, 0) is 35.2 Å². The van der Waals surface area contributed by atoms with E-state index >= 15 is 0 Å². The minimum atomic E-state index is 0.120. The summed E-state index contributed by atoms with van der Waals surface area (Å²) in [6.07, 6.45) is 3.28. The van der Waals surface area contributed by atoms with Crippen LogP contribution in [0.3, 0.4) is 0 Å². The van der Waals surface area contributed by atoms with Gasteiger partial charge in [0.05, 0.1) is 6.10 Å². The second kappa shape index (κ2) is 6.17. The molecule has 0 amide bonds. The van der Waals surface area contributed by atoms with Crippen LogP contribution in [0.2, 0.25) is 0 Å². The third kappa shape index (κ3) is 3.40. The van der Waals surface area contributed by atoms with Crippen LogP contribution < -0.4 is 5.73 Å². The second-order valence-electron chi connectivity index (χ2n) is 3.56. The van der Waals surface area contributed by atoms with E-state index in [0.29, 0.717) is 0 Å². The van der Waals surface area contributed by atoms with Crippen molar-refractivity contribution < 1.29 is 4.74 Å². The average molecular weight is 213 g/mol. The molecular weight excluding hydrogens is 194 g/mol. The average Bonchev–Trinajstić information content (AvgIpc) is 2.66. The largest absolute Gasteiger partial charge is 0.380 e. The Bertz CT molecular complexity index is 235. The molecule has 2 atom stereocenters. The van der Waals surface area contributed by atoms with Crippen LogP contribution in [0.1, 0.15) is 25.3 Å². The predicted molar refractivity (Wildman–Crippen MR) is 61.7 cm³/mol. The fourth-order valence-corrected chi connectivity index (χ4v) is 2.29. The molecule has 2 N–H and O–H groups in total. The lowest BCUT2D eigenvalue weighted by atomic mass is 10.0. The van der Waals surface area contributed by atoms with Crippen molar-refractivity contribution in [3.8, 4) is 0 Å². The molecule has 0 aromatic carbocycles. The van der Waals surface area contributed by atoms with Crippen LogP contribution in [0.25, 0.3) is 0 Å². The van der Waals surface area contributed by atoms with Crippen LogP contribution in [0.5, 0.6) is 0 Å². The van der Waals surface area contributed by atoms with Crippen LogP contribution in [0.15, 0.2) is 16.8 Å². The minimum absolute atomic E-state index is 0.120. The van der Waals surface area contributed by atoms with Gasteiger partial charge in [0.15, 0.2) is 0 Å². The van der Waals surface area contributed by atoms with Crippen molar-refractivity contribution in [2.45, 2.75) is 38.3 Å². The lowest BCUT2D eigenvalue weighted by Crippen LogP contribution is -2.37. The Balaban J connectivity index is 2.43. The van der Waals surface area contributed by atoms with Crippen LogP contribution in [-0.4, -0.2) is 19.3 Å². The number of rotatable bonds is 6. The van der Waals surface area contributed by atoms with Crippen molar-refractivity contribution in [3.05, 3.63) is 22.4 Å². The Morgan fingerprint density at radius 2 is 2.36 bits per heavy atom. The normalized spacial score (nSPS) is 15.4. The van der Waals surface area contributed by atoms with Gasteiger partial charge in [0.25, 0.3) is 0 Å². The van der Waals surface area contributed by atoms with Crippen LogP contribution in [0, 0.1) is 0 Å². The smallest absolute Gasteiger partial charge is 0.0725 e. The summed E-state index contributed by atoms with van der Waals surface area (Å²) in [7, 11) is 1.74. The summed E-state index contributed by atoms with van der Waals surface area (Å²) >= 11 is 1.72. The molecule has 0 fully saturated rings. The van der Waals surface area contributed by atoms with Crippen molar-refractivity contribution in [1.29, 1.82) is 0 Å². The van der Waals surface area contributed by atoms with Gasteiger partial charge in [0.2, 0.25) is 0 Å². The molecule has 0 saturated carbocycles. The van der Waals surface area contributed by atoms with Crippen molar-refractivity contribution in [2.75, 3.05) is 7.11 Å². The molecule has 1 rings (SSSR count). The first-order chi connectivity index (χ1) is 6.77. The molecule has 1 heterocycles. The Morgan fingerprint density at radius 3 is 2.86 bits per heavy atom. The van der Waals surface area contributed by atoms with E-state index in [2.05, 4.69) is 23.8 Å². The van der Waals surface area contributed by atoms with Gasteiger partial charge in [-0.15, -0.1) is 0 Å². The van der Waals surface area contributed by atoms with Gasteiger partial charge in [0, 0.05) is 13.2 Å². The lowest BCUT2D eigenvalue weighted by molar-refractivity contribution is 0.0727. The maximum Gasteiger partial charge on any atom is 0.0725 e. The van der Waals surface area contributed by atoms with E-state index in [-0.39, 0.29) is 12.1 Å². The zero-order chi connectivity index (χ0) is 10.4. The zero-order valence-corrected chi connectivity index (χ0v) is 9.72. The van der Waals surface area contributed by atoms with Crippen molar-refractivity contribution in [2.24, 2.45) is 5.73 Å². The highest BCUT2D eigenvalue weighted by molar-refractivity contribution is 7.07. The van der Waals surface area contributed by atoms with E-state index in [1.165, 1.54) is 5.56 Å². The maximum atomic E-state index is 6.09. The number of hydrogen-bond acceptors (Lipinski definition) is 3. The van der Waals surface area contributed by atoms with Gasteiger partial charge in [-0.2, -0.15) is 11.3 Å². The van der Waals surface area contributed by atoms with Gasteiger partial charge >= 0.3 is 0 Å². The minimum Gasteiger partial charge on any atom is -0.380 e. The van der Waals surface area contributed by atoms with E-state index in [9.17, 15) is 0 Å². The summed E-state index contributed by atoms with van der Waals surface area (Å²) in [5, 5.41) is 4.24. The standard InChI is InChI=1S/C11H19NOS/c1-3-4-11(13-2)10(12)7-9-5-6-14-8-9/h5-6,8,10-11H,3-4,7,12H2,1-2H3. The highest BCUT2D eigenvalue weighted by Crippen LogP contribution is 2.13. The maximum absolute atomic E-state index is 6.09. The lowest BCUT2D eigenvalue weighted by Gasteiger charge is -2.21. The van der Waals surface area contributed by atoms with Gasteiger partial charge in [0.1, 0.15) is 0 Å². The van der Waals surface area contributed by atoms with Crippen molar-refractivity contribution >= 4 is 11.3 Å². The molecule has 0 aliphatic carbocycles. The molecule has 14 heavy (non-hydrogen) atoms. The monoisotopic (exact) mass is 213 g/mol. The number of hydrogen-bond donors (Lipinski definition) is 1. The molecule has 2 nitrogen and oxygen atoms in total. The van der Waals surface area contributed by atoms with E-state index < -0.39 is 0 Å². The van der Waals surface area contributed by atoms with Gasteiger partial charge < -0.3 is 10.5 Å². The summed E-state index contributed by atoms with van der Waals surface area (Å²) in [6, 6.07) is 2.25. The topological polar surface area (TPSA) is 35.2 Å². The third-order valence-electron chi connectivity index (χ3n) is 2.40. The fraction of sp³-hybridized carbons (Fsp3) is 0.636. The van der Waals surface area contributed by atoms with Gasteiger partial charge in [-0.1, -0.05) is 13.3 Å². The van der Waals surface area contributed by atoms with E-state index in [1.54, 1.807) is 18.4 Å². The molecule has 80 valence electrons. The molecule has 1 aromatic rings. The molecular formula is C11H19NOS. The highest BCUT2D eigenvalue weighted by Gasteiger charge is 2.16. The summed E-state index contributed by atoms with van der Waals surface area (Å²) in [4.78, 5) is 0. The molecule has 0 aliphatic rings. The molecule has 3 heteroatoms. The molecule has 0 aliphatic heterocycles. The Labute approximate surface area is 90.1 Å². The summed E-state index contributed by atoms with van der Waals surface area (Å²) in [5.41, 5.74) is 7.41. The second-order valence-corrected chi connectivity index (χ2v) is 4.34. The number of methoxy groups -OCH3 is 1. The summed E-state index contributed by atoms with van der Waals surface area (Å²) in [5.74, 6) is 0. The van der Waals surface area contributed by atoms with E-state index in [0.717, 1.165) is 19.3 Å². The third-order valence-corrected chi connectivity index (χ3v) is 3.14. The Morgan fingerprint density at radius 1 is 1.57 bits per heavy atom. The first-order valence-corrected chi connectivity index (χ1v) is 6.01. The predicted octanol–water partition coefficient (Wildman–Crippen LogP) is 2.43. The van der Waals surface area contributed by atoms with Gasteiger partial charge in [-0.3, -0.25) is 0 Å². The Hall–Kier alpha value is -0.380. The van der Waals surface area contributed by atoms with Gasteiger partial charge in [-0.25, -0.2) is 0 Å². The van der Waals surface area contributed by atoms with Crippen LogP contribution in [0.4, 0.5) is 0 Å². The first kappa shape index (κ1) is 11.7. The van der Waals surface area contributed by atoms with Crippen molar-refractivity contribution in [1.82, 2.24) is 0 Å². The molecule has 0 saturated heterocycles.